The predicted octanol–water partition coefficient (Wildman–Crippen LogP) is 2.55. The molecule has 2 rings (SSSR count). The second kappa shape index (κ2) is 5.10. The molecule has 0 amide bonds. The van der Waals surface area contributed by atoms with Crippen LogP contribution in [0.25, 0.3) is 0 Å². The minimum atomic E-state index is 0.0636. The van der Waals surface area contributed by atoms with Crippen LogP contribution in [0.5, 0.6) is 0 Å². The Morgan fingerprint density at radius 2 is 2.20 bits per heavy atom. The van der Waals surface area contributed by atoms with E-state index in [2.05, 4.69) is 18.7 Å². The van der Waals surface area contributed by atoms with Gasteiger partial charge in [0.2, 0.25) is 0 Å². The summed E-state index contributed by atoms with van der Waals surface area (Å²) in [5.74, 6) is 0. The van der Waals surface area contributed by atoms with Crippen molar-refractivity contribution in [3.63, 3.8) is 0 Å². The summed E-state index contributed by atoms with van der Waals surface area (Å²) in [4.78, 5) is 0. The lowest BCUT2D eigenvalue weighted by molar-refractivity contribution is 0.00311. The molecule has 2 atom stereocenters. The average Bonchev–Trinajstić information content (AvgIpc) is 2.75. The number of benzene rings is 1. The van der Waals surface area contributed by atoms with Crippen molar-refractivity contribution < 1.29 is 9.47 Å². The second-order valence-corrected chi connectivity index (χ2v) is 3.69. The maximum absolute atomic E-state index is 5.80. The molecule has 80 valence electrons. The van der Waals surface area contributed by atoms with E-state index in [1.54, 1.807) is 0 Å². The fraction of sp³-hybridized carbons (Fsp3) is 0.385. The first-order valence-electron chi connectivity index (χ1n) is 5.30. The molecule has 1 aromatic carbocycles. The van der Waals surface area contributed by atoms with Gasteiger partial charge in [-0.1, -0.05) is 36.4 Å². The van der Waals surface area contributed by atoms with E-state index in [-0.39, 0.29) is 12.2 Å². The van der Waals surface area contributed by atoms with Gasteiger partial charge in [-0.2, -0.15) is 0 Å². The van der Waals surface area contributed by atoms with Crippen LogP contribution in [0.15, 0.2) is 43.0 Å². The van der Waals surface area contributed by atoms with Gasteiger partial charge in [-0.05, 0) is 12.0 Å². The van der Waals surface area contributed by atoms with Crippen LogP contribution < -0.4 is 0 Å². The molecule has 0 spiro atoms. The van der Waals surface area contributed by atoms with Gasteiger partial charge in [0.25, 0.3) is 0 Å². The summed E-state index contributed by atoms with van der Waals surface area (Å²) >= 11 is 0. The number of hydrogen-bond donors (Lipinski definition) is 0. The molecule has 1 saturated heterocycles. The molecule has 2 heteroatoms. The smallest absolute Gasteiger partial charge is 0.102 e. The zero-order valence-corrected chi connectivity index (χ0v) is 8.76. The molecule has 1 fully saturated rings. The average molecular weight is 204 g/mol. The van der Waals surface area contributed by atoms with Crippen LogP contribution in [0, 0.1) is 0 Å². The second-order valence-electron chi connectivity index (χ2n) is 3.69. The monoisotopic (exact) mass is 204 g/mol. The van der Waals surface area contributed by atoms with Crippen LogP contribution in [0.2, 0.25) is 0 Å². The van der Waals surface area contributed by atoms with E-state index in [0.29, 0.717) is 6.61 Å². The summed E-state index contributed by atoms with van der Waals surface area (Å²) in [6.45, 7) is 5.17. The first-order valence-corrected chi connectivity index (χ1v) is 5.30. The summed E-state index contributed by atoms with van der Waals surface area (Å²) in [7, 11) is 0. The van der Waals surface area contributed by atoms with Crippen LogP contribution in [0.3, 0.4) is 0 Å². The Morgan fingerprint density at radius 1 is 1.40 bits per heavy atom. The van der Waals surface area contributed by atoms with Gasteiger partial charge in [-0.25, -0.2) is 0 Å². The molecule has 1 aliphatic rings. The molecule has 1 aliphatic heterocycles. The predicted molar refractivity (Wildman–Crippen MR) is 59.6 cm³/mol. The van der Waals surface area contributed by atoms with Crippen LogP contribution in [0.4, 0.5) is 0 Å². The van der Waals surface area contributed by atoms with Gasteiger partial charge < -0.3 is 9.47 Å². The molecule has 0 saturated carbocycles. The van der Waals surface area contributed by atoms with Gasteiger partial charge in [-0.3, -0.25) is 0 Å². The summed E-state index contributed by atoms with van der Waals surface area (Å²) in [6.07, 6.45) is 3.02. The molecule has 0 aromatic heterocycles. The van der Waals surface area contributed by atoms with Crippen LogP contribution in [-0.2, 0) is 16.1 Å². The summed E-state index contributed by atoms with van der Waals surface area (Å²) in [5.41, 5.74) is 1.20. The molecule has 0 radical (unpaired) electrons. The first-order chi connectivity index (χ1) is 7.40. The van der Waals surface area contributed by atoms with Gasteiger partial charge >= 0.3 is 0 Å². The molecule has 1 aromatic rings. The molecular formula is C13H16O2. The molecule has 0 N–H and O–H groups in total. The molecule has 2 nitrogen and oxygen atoms in total. The van der Waals surface area contributed by atoms with Gasteiger partial charge in [0.15, 0.2) is 0 Å². The standard InChI is InChI=1S/C13H16O2/c1-2-12-13(8-9-14-12)15-10-11-6-4-3-5-7-11/h2-7,12-13H,1,8-10H2/t12-,13?/m0/s1. The van der Waals surface area contributed by atoms with Crippen molar-refractivity contribution in [2.24, 2.45) is 0 Å². The van der Waals surface area contributed by atoms with E-state index in [0.717, 1.165) is 13.0 Å². The molecule has 1 heterocycles. The quantitative estimate of drug-likeness (QED) is 0.702. The lowest BCUT2D eigenvalue weighted by atomic mass is 10.2. The summed E-state index contributed by atoms with van der Waals surface area (Å²) in [6, 6.07) is 10.2. The maximum Gasteiger partial charge on any atom is 0.102 e. The van der Waals surface area contributed by atoms with Crippen molar-refractivity contribution >= 4 is 0 Å². The van der Waals surface area contributed by atoms with Crippen molar-refractivity contribution in [3.8, 4) is 0 Å². The number of hydrogen-bond acceptors (Lipinski definition) is 2. The van der Waals surface area contributed by atoms with Crippen molar-refractivity contribution in [1.29, 1.82) is 0 Å². The van der Waals surface area contributed by atoms with Crippen molar-refractivity contribution in [2.45, 2.75) is 25.2 Å². The lowest BCUT2D eigenvalue weighted by Crippen LogP contribution is -2.21. The number of rotatable bonds is 4. The fourth-order valence-electron chi connectivity index (χ4n) is 1.77. The molecule has 0 aliphatic carbocycles. The maximum atomic E-state index is 5.80. The van der Waals surface area contributed by atoms with E-state index >= 15 is 0 Å². The van der Waals surface area contributed by atoms with Gasteiger partial charge in [0.1, 0.15) is 6.10 Å². The van der Waals surface area contributed by atoms with Crippen LogP contribution in [-0.4, -0.2) is 18.8 Å². The van der Waals surface area contributed by atoms with E-state index in [1.165, 1.54) is 5.56 Å². The normalized spacial score (nSPS) is 25.3. The van der Waals surface area contributed by atoms with Crippen molar-refractivity contribution in [2.75, 3.05) is 6.61 Å². The van der Waals surface area contributed by atoms with E-state index in [9.17, 15) is 0 Å². The Kier molecular flexibility index (Phi) is 3.54. The fourth-order valence-corrected chi connectivity index (χ4v) is 1.77. The number of ether oxygens (including phenoxy) is 2. The molecular weight excluding hydrogens is 188 g/mol. The third-order valence-electron chi connectivity index (χ3n) is 2.62. The summed E-state index contributed by atoms with van der Waals surface area (Å²) < 4.78 is 11.3. The molecule has 15 heavy (non-hydrogen) atoms. The minimum absolute atomic E-state index is 0.0636. The Hall–Kier alpha value is -1.12. The molecule has 1 unspecified atom stereocenters. The largest absolute Gasteiger partial charge is 0.371 e. The van der Waals surface area contributed by atoms with Gasteiger partial charge in [0, 0.05) is 0 Å². The van der Waals surface area contributed by atoms with Crippen LogP contribution in [0.1, 0.15) is 12.0 Å². The van der Waals surface area contributed by atoms with E-state index in [4.69, 9.17) is 9.47 Å². The van der Waals surface area contributed by atoms with Gasteiger partial charge in [0.05, 0.1) is 19.3 Å². The SMILES string of the molecule is C=C[C@@H]1OCCC1OCc1ccccc1. The highest BCUT2D eigenvalue weighted by atomic mass is 16.6. The zero-order chi connectivity index (χ0) is 10.5. The minimum Gasteiger partial charge on any atom is -0.371 e. The molecule has 0 bridgehead atoms. The van der Waals surface area contributed by atoms with E-state index in [1.807, 2.05) is 24.3 Å². The Bertz CT molecular complexity index is 308. The highest BCUT2D eigenvalue weighted by molar-refractivity contribution is 5.13. The zero-order valence-electron chi connectivity index (χ0n) is 8.76. The Balaban J connectivity index is 1.85. The highest BCUT2D eigenvalue weighted by Crippen LogP contribution is 2.19. The lowest BCUT2D eigenvalue weighted by Gasteiger charge is -2.15. The summed E-state index contributed by atoms with van der Waals surface area (Å²) in [5, 5.41) is 0. The highest BCUT2D eigenvalue weighted by Gasteiger charge is 2.26. The van der Waals surface area contributed by atoms with Crippen LogP contribution >= 0.6 is 0 Å². The first kappa shape index (κ1) is 10.4. The Labute approximate surface area is 90.5 Å². The van der Waals surface area contributed by atoms with Gasteiger partial charge in [-0.15, -0.1) is 6.58 Å². The van der Waals surface area contributed by atoms with Crippen molar-refractivity contribution in [1.82, 2.24) is 0 Å². The van der Waals surface area contributed by atoms with Crippen molar-refractivity contribution in [3.05, 3.63) is 48.6 Å². The topological polar surface area (TPSA) is 18.5 Å². The third kappa shape index (κ3) is 2.67. The van der Waals surface area contributed by atoms with E-state index < -0.39 is 0 Å². The Morgan fingerprint density at radius 3 is 2.93 bits per heavy atom. The third-order valence-corrected chi connectivity index (χ3v) is 2.62.